The molecular weight excluding hydrogens is 522 g/mol. The minimum atomic E-state index is -2.19. The van der Waals surface area contributed by atoms with Crippen molar-refractivity contribution in [1.29, 1.82) is 0 Å². The number of aryl methyl sites for hydroxylation is 1. The lowest BCUT2D eigenvalue weighted by Gasteiger charge is -2.43. The van der Waals surface area contributed by atoms with E-state index in [9.17, 15) is 4.79 Å². The van der Waals surface area contributed by atoms with Crippen molar-refractivity contribution < 1.29 is 27.8 Å². The van der Waals surface area contributed by atoms with Crippen LogP contribution >= 0.6 is 0 Å². The van der Waals surface area contributed by atoms with Crippen LogP contribution in [-0.4, -0.2) is 45.2 Å². The first-order valence-electron chi connectivity index (χ1n) is 14.2. The summed E-state index contributed by atoms with van der Waals surface area (Å²) in [5.41, 5.74) is 2.82. The van der Waals surface area contributed by atoms with Gasteiger partial charge in [-0.15, -0.1) is 0 Å². The minimum absolute atomic E-state index is 0.00687. The summed E-state index contributed by atoms with van der Waals surface area (Å²) in [5.74, 6) is 0.753. The van der Waals surface area contributed by atoms with Crippen molar-refractivity contribution in [2.24, 2.45) is 17.8 Å². The van der Waals surface area contributed by atoms with Crippen LogP contribution in [0.2, 0.25) is 18.1 Å². The Hall–Kier alpha value is -2.42. The Morgan fingerprint density at radius 3 is 2.23 bits per heavy atom. The van der Waals surface area contributed by atoms with Crippen molar-refractivity contribution in [3.8, 4) is 5.75 Å². The molecule has 0 radical (unpaired) electrons. The highest BCUT2D eigenvalue weighted by Crippen LogP contribution is 2.40. The van der Waals surface area contributed by atoms with Gasteiger partial charge in [-0.1, -0.05) is 60.6 Å². The van der Waals surface area contributed by atoms with Crippen molar-refractivity contribution in [2.45, 2.75) is 99.3 Å². The average Bonchev–Trinajstić information content (AvgIpc) is 3.28. The summed E-state index contributed by atoms with van der Waals surface area (Å²) >= 11 is 0. The number of nitrogens with zero attached hydrogens (tertiary/aromatic N) is 1. The summed E-state index contributed by atoms with van der Waals surface area (Å²) in [6, 6.07) is 7.83. The van der Waals surface area contributed by atoms with Crippen LogP contribution in [0.25, 0.3) is 6.08 Å². The third-order valence-electron chi connectivity index (χ3n) is 7.78. The van der Waals surface area contributed by atoms with Crippen LogP contribution in [-0.2, 0) is 25.3 Å². The maximum absolute atomic E-state index is 12.9. The Morgan fingerprint density at radius 2 is 1.73 bits per heavy atom. The SMILES string of the molecule is COc1ccc(COC[C@H](C)[C@H](OC(=O)C(C)C)[C@@H](C)[C@@H](O[Si](C)(C)C(C)(C)C)/C(C)=C/c2coc(C)n2)cc1. The van der Waals surface area contributed by atoms with Gasteiger partial charge in [-0.3, -0.25) is 4.79 Å². The summed E-state index contributed by atoms with van der Waals surface area (Å²) < 4.78 is 30.0. The zero-order valence-electron chi connectivity index (χ0n) is 26.7. The number of ether oxygens (including phenoxy) is 3. The van der Waals surface area contributed by atoms with Gasteiger partial charge in [-0.05, 0) is 54.4 Å². The number of carbonyl (C=O) groups is 1. The quantitative estimate of drug-likeness (QED) is 0.168. The highest BCUT2D eigenvalue weighted by molar-refractivity contribution is 6.74. The van der Waals surface area contributed by atoms with Gasteiger partial charge in [0.2, 0.25) is 0 Å². The molecule has 1 heterocycles. The molecule has 1 aromatic carbocycles. The number of esters is 1. The fourth-order valence-corrected chi connectivity index (χ4v) is 5.62. The molecule has 0 spiro atoms. The molecule has 0 saturated carbocycles. The Bertz CT molecular complexity index is 1100. The highest BCUT2D eigenvalue weighted by Gasteiger charge is 2.43. The van der Waals surface area contributed by atoms with E-state index in [-0.39, 0.29) is 34.9 Å². The average molecular weight is 574 g/mol. The van der Waals surface area contributed by atoms with Gasteiger partial charge in [-0.2, -0.15) is 0 Å². The van der Waals surface area contributed by atoms with Crippen LogP contribution in [0.3, 0.4) is 0 Å². The molecule has 7 nitrogen and oxygen atoms in total. The van der Waals surface area contributed by atoms with Gasteiger partial charge in [0.05, 0.1) is 32.3 Å². The van der Waals surface area contributed by atoms with Crippen molar-refractivity contribution in [3.63, 3.8) is 0 Å². The number of rotatable bonds is 14. The van der Waals surface area contributed by atoms with Crippen LogP contribution in [0.4, 0.5) is 0 Å². The first kappa shape index (κ1) is 33.8. The summed E-state index contributed by atoms with van der Waals surface area (Å²) in [7, 11) is -0.541. The Labute approximate surface area is 242 Å². The molecule has 0 fully saturated rings. The predicted molar refractivity (Wildman–Crippen MR) is 163 cm³/mol. The van der Waals surface area contributed by atoms with Crippen LogP contribution in [0.1, 0.15) is 72.5 Å². The standard InChI is InChI=1S/C32H51NO6Si/c1-21(2)31(34)38-29(23(4)18-36-19-26-13-15-28(35-10)16-14-26)24(5)30(39-40(11,12)32(7,8)9)22(3)17-27-20-37-25(6)33-27/h13-17,20-21,23-24,29-30H,18-19H2,1-12H3/b22-17+/t23-,24+,29-,30-/m0/s1. The van der Waals surface area contributed by atoms with E-state index in [0.717, 1.165) is 22.6 Å². The number of methoxy groups -OCH3 is 1. The van der Waals surface area contributed by atoms with E-state index >= 15 is 0 Å². The molecule has 0 aliphatic heterocycles. The maximum Gasteiger partial charge on any atom is 0.308 e. The molecule has 0 bridgehead atoms. The Balaban J connectivity index is 2.35. The van der Waals surface area contributed by atoms with E-state index in [1.807, 2.05) is 51.1 Å². The van der Waals surface area contributed by atoms with E-state index in [0.29, 0.717) is 19.1 Å². The molecular formula is C32H51NO6Si. The van der Waals surface area contributed by atoms with Gasteiger partial charge >= 0.3 is 5.97 Å². The zero-order chi connectivity index (χ0) is 30.3. The van der Waals surface area contributed by atoms with Gasteiger partial charge in [0, 0.05) is 18.8 Å². The molecule has 2 rings (SSSR count). The lowest BCUT2D eigenvalue weighted by molar-refractivity contribution is -0.162. The second-order valence-corrected chi connectivity index (χ2v) is 17.5. The first-order chi connectivity index (χ1) is 18.6. The van der Waals surface area contributed by atoms with Gasteiger partial charge in [0.15, 0.2) is 14.2 Å². The fraction of sp³-hybridized carbons (Fsp3) is 0.625. The third-order valence-corrected chi connectivity index (χ3v) is 12.2. The van der Waals surface area contributed by atoms with E-state index < -0.39 is 14.4 Å². The largest absolute Gasteiger partial charge is 0.497 e. The van der Waals surface area contributed by atoms with E-state index in [1.54, 1.807) is 13.4 Å². The monoisotopic (exact) mass is 573 g/mol. The molecule has 224 valence electrons. The molecule has 0 saturated heterocycles. The topological polar surface area (TPSA) is 80.0 Å². The number of hydrogen-bond acceptors (Lipinski definition) is 7. The fourth-order valence-electron chi connectivity index (χ4n) is 4.23. The number of benzene rings is 1. The zero-order valence-corrected chi connectivity index (χ0v) is 27.7. The van der Waals surface area contributed by atoms with Crippen LogP contribution in [0, 0.1) is 24.7 Å². The molecule has 0 aliphatic rings. The number of carbonyl (C=O) groups excluding carboxylic acids is 1. The van der Waals surface area contributed by atoms with Crippen molar-refractivity contribution in [2.75, 3.05) is 13.7 Å². The summed E-state index contributed by atoms with van der Waals surface area (Å²) in [4.78, 5) is 17.4. The van der Waals surface area contributed by atoms with Crippen LogP contribution < -0.4 is 4.74 Å². The van der Waals surface area contributed by atoms with Crippen LogP contribution in [0.15, 0.2) is 40.5 Å². The number of hydrogen-bond donors (Lipinski definition) is 0. The molecule has 2 aromatic rings. The second kappa shape index (κ2) is 14.5. The molecule has 0 unspecified atom stereocenters. The lowest BCUT2D eigenvalue weighted by atomic mass is 9.86. The lowest BCUT2D eigenvalue weighted by Crippen LogP contribution is -2.49. The normalized spacial score (nSPS) is 16.0. The third kappa shape index (κ3) is 9.60. The molecule has 0 aliphatic carbocycles. The summed E-state index contributed by atoms with van der Waals surface area (Å²) in [6.07, 6.45) is 2.96. The Kier molecular flexibility index (Phi) is 12.2. The van der Waals surface area contributed by atoms with Crippen LogP contribution in [0.5, 0.6) is 5.75 Å². The van der Waals surface area contributed by atoms with Gasteiger partial charge in [0.1, 0.15) is 23.8 Å². The first-order valence-corrected chi connectivity index (χ1v) is 17.2. The molecule has 1 aromatic heterocycles. The van der Waals surface area contributed by atoms with Gasteiger partial charge < -0.3 is 23.1 Å². The summed E-state index contributed by atoms with van der Waals surface area (Å²) in [5, 5.41) is 0.00687. The number of aromatic nitrogens is 1. The van der Waals surface area contributed by atoms with Crippen molar-refractivity contribution in [3.05, 3.63) is 53.2 Å². The summed E-state index contributed by atoms with van der Waals surface area (Å²) in [6.45, 7) is 23.9. The van der Waals surface area contributed by atoms with E-state index in [1.165, 1.54) is 0 Å². The molecule has 0 amide bonds. The van der Waals surface area contributed by atoms with Gasteiger partial charge in [0.25, 0.3) is 0 Å². The second-order valence-electron chi connectivity index (χ2n) is 12.7. The number of oxazole rings is 1. The highest BCUT2D eigenvalue weighted by atomic mass is 28.4. The van der Waals surface area contributed by atoms with Gasteiger partial charge in [-0.25, -0.2) is 4.98 Å². The van der Waals surface area contributed by atoms with Crippen molar-refractivity contribution >= 4 is 20.4 Å². The molecule has 0 N–H and O–H groups in total. The Morgan fingerprint density at radius 1 is 1.10 bits per heavy atom. The van der Waals surface area contributed by atoms with E-state index in [4.69, 9.17) is 23.1 Å². The maximum atomic E-state index is 12.9. The minimum Gasteiger partial charge on any atom is -0.497 e. The smallest absolute Gasteiger partial charge is 0.308 e. The predicted octanol–water partition coefficient (Wildman–Crippen LogP) is 7.84. The molecule has 8 heteroatoms. The van der Waals surface area contributed by atoms with E-state index in [2.05, 4.69) is 59.6 Å². The molecule has 4 atom stereocenters. The van der Waals surface area contributed by atoms with Crippen molar-refractivity contribution in [1.82, 2.24) is 4.98 Å². The molecule has 40 heavy (non-hydrogen) atoms.